The van der Waals surface area contributed by atoms with Crippen LogP contribution >= 0.6 is 11.6 Å². The Morgan fingerprint density at radius 3 is 2.38 bits per heavy atom. The van der Waals surface area contributed by atoms with E-state index in [4.69, 9.17) is 30.8 Å². The van der Waals surface area contributed by atoms with Crippen LogP contribution in [0.1, 0.15) is 15.9 Å². The Bertz CT molecular complexity index is 1630. The second-order valence-electron chi connectivity index (χ2n) is 8.75. The van der Waals surface area contributed by atoms with E-state index in [1.807, 2.05) is 54.6 Å². The number of hydrogen-bond donors (Lipinski definition) is 2. The van der Waals surface area contributed by atoms with E-state index in [1.165, 1.54) is 0 Å². The fourth-order valence-electron chi connectivity index (χ4n) is 4.47. The van der Waals surface area contributed by atoms with E-state index >= 15 is 0 Å². The van der Waals surface area contributed by atoms with Crippen LogP contribution in [0.15, 0.2) is 72.8 Å². The molecule has 0 bridgehead atoms. The molecule has 0 fully saturated rings. The zero-order valence-corrected chi connectivity index (χ0v) is 22.5. The van der Waals surface area contributed by atoms with Crippen LogP contribution in [0.5, 0.6) is 17.2 Å². The maximum Gasteiger partial charge on any atom is 0.252 e. The van der Waals surface area contributed by atoms with Gasteiger partial charge in [0.15, 0.2) is 17.1 Å². The van der Waals surface area contributed by atoms with Gasteiger partial charge in [-0.05, 0) is 54.4 Å². The van der Waals surface area contributed by atoms with Crippen LogP contribution in [0, 0.1) is 0 Å². The van der Waals surface area contributed by atoms with E-state index in [0.29, 0.717) is 63.2 Å². The van der Waals surface area contributed by atoms with Gasteiger partial charge < -0.3 is 19.5 Å². The largest absolute Gasteiger partial charge is 0.496 e. The number of ether oxygens (including phenoxy) is 3. The summed E-state index contributed by atoms with van der Waals surface area (Å²) in [5.74, 6) is 1.71. The van der Waals surface area contributed by atoms with E-state index in [2.05, 4.69) is 15.5 Å². The van der Waals surface area contributed by atoms with Crippen molar-refractivity contribution in [3.63, 3.8) is 0 Å². The van der Waals surface area contributed by atoms with Gasteiger partial charge in [0.05, 0.1) is 43.7 Å². The second kappa shape index (κ2) is 11.4. The third-order valence-electron chi connectivity index (χ3n) is 6.43. The molecule has 0 aliphatic carbocycles. The highest BCUT2D eigenvalue weighted by molar-refractivity contribution is 6.30. The number of methoxy groups -OCH3 is 3. The molecule has 0 saturated carbocycles. The van der Waals surface area contributed by atoms with Crippen molar-refractivity contribution in [2.45, 2.75) is 6.42 Å². The molecular weight excluding hydrogens is 516 g/mol. The lowest BCUT2D eigenvalue weighted by atomic mass is 10.0. The second-order valence-corrected chi connectivity index (χ2v) is 9.19. The molecule has 9 heteroatoms. The van der Waals surface area contributed by atoms with Crippen molar-refractivity contribution in [1.82, 2.24) is 20.5 Å². The summed E-state index contributed by atoms with van der Waals surface area (Å²) in [5, 5.41) is 11.8. The Hall–Kier alpha value is -4.56. The van der Waals surface area contributed by atoms with Crippen molar-refractivity contribution in [3.8, 4) is 39.8 Å². The van der Waals surface area contributed by atoms with Gasteiger partial charge in [-0.2, -0.15) is 5.10 Å². The zero-order chi connectivity index (χ0) is 27.4. The van der Waals surface area contributed by atoms with E-state index in [0.717, 1.165) is 16.7 Å². The molecule has 1 amide bonds. The molecule has 5 rings (SSSR count). The molecule has 0 spiro atoms. The summed E-state index contributed by atoms with van der Waals surface area (Å²) in [5.41, 5.74) is 4.75. The molecule has 0 atom stereocenters. The van der Waals surface area contributed by atoms with Crippen molar-refractivity contribution in [1.29, 1.82) is 0 Å². The zero-order valence-electron chi connectivity index (χ0n) is 21.7. The predicted octanol–water partition coefficient (Wildman–Crippen LogP) is 5.94. The molecule has 0 radical (unpaired) electrons. The maximum atomic E-state index is 13.7. The Kier molecular flexibility index (Phi) is 7.65. The van der Waals surface area contributed by atoms with Crippen LogP contribution in [-0.2, 0) is 6.42 Å². The van der Waals surface area contributed by atoms with Gasteiger partial charge in [0.2, 0.25) is 0 Å². The third kappa shape index (κ3) is 5.37. The Labute approximate surface area is 230 Å². The summed E-state index contributed by atoms with van der Waals surface area (Å²) in [6.07, 6.45) is 0.606. The predicted molar refractivity (Wildman–Crippen MR) is 152 cm³/mol. The lowest BCUT2D eigenvalue weighted by Crippen LogP contribution is -2.26. The Balaban J connectivity index is 1.51. The monoisotopic (exact) mass is 542 g/mol. The average Bonchev–Trinajstić information content (AvgIpc) is 3.41. The molecule has 0 unspecified atom stereocenters. The van der Waals surface area contributed by atoms with E-state index in [1.54, 1.807) is 39.5 Å². The van der Waals surface area contributed by atoms with Gasteiger partial charge >= 0.3 is 0 Å². The van der Waals surface area contributed by atoms with Gasteiger partial charge in [-0.25, -0.2) is 4.98 Å². The summed E-state index contributed by atoms with van der Waals surface area (Å²) < 4.78 is 16.3. The van der Waals surface area contributed by atoms with Crippen molar-refractivity contribution in [2.24, 2.45) is 0 Å². The minimum atomic E-state index is -0.240. The molecule has 5 aromatic rings. The fraction of sp³-hybridized carbons (Fsp3) is 0.167. The van der Waals surface area contributed by atoms with Crippen LogP contribution in [0.3, 0.4) is 0 Å². The highest BCUT2D eigenvalue weighted by Crippen LogP contribution is 2.35. The van der Waals surface area contributed by atoms with Crippen LogP contribution in [0.2, 0.25) is 5.02 Å². The summed E-state index contributed by atoms with van der Waals surface area (Å²) in [4.78, 5) is 18.4. The Morgan fingerprint density at radius 2 is 1.64 bits per heavy atom. The van der Waals surface area contributed by atoms with Gasteiger partial charge in [0.25, 0.3) is 5.91 Å². The molecule has 0 aliphatic rings. The smallest absolute Gasteiger partial charge is 0.252 e. The lowest BCUT2D eigenvalue weighted by molar-refractivity contribution is 0.0955. The minimum absolute atomic E-state index is 0.240. The van der Waals surface area contributed by atoms with E-state index < -0.39 is 0 Å². The molecular formula is C30H27ClN4O4. The molecule has 2 N–H and O–H groups in total. The number of amides is 1. The first kappa shape index (κ1) is 26.1. The van der Waals surface area contributed by atoms with Gasteiger partial charge in [-0.3, -0.25) is 9.89 Å². The van der Waals surface area contributed by atoms with E-state index in [-0.39, 0.29) is 5.91 Å². The molecule has 2 aromatic heterocycles. The van der Waals surface area contributed by atoms with Crippen LogP contribution in [-0.4, -0.2) is 49.0 Å². The van der Waals surface area contributed by atoms with Crippen molar-refractivity contribution in [3.05, 3.63) is 88.9 Å². The number of rotatable bonds is 9. The quantitative estimate of drug-likeness (QED) is 0.239. The summed E-state index contributed by atoms with van der Waals surface area (Å²) in [6, 6.07) is 22.4. The fourth-order valence-corrected chi connectivity index (χ4v) is 4.60. The lowest BCUT2D eigenvalue weighted by Gasteiger charge is -2.12. The number of H-pyrrole nitrogens is 1. The van der Waals surface area contributed by atoms with E-state index in [9.17, 15) is 4.79 Å². The SMILES string of the molecule is COc1ccc(CCNC(=O)c2cc(-c3ccccc3OC)nc3n[nH]c(-c4ccc(Cl)cc4)c23)cc1OC. The summed E-state index contributed by atoms with van der Waals surface area (Å²) in [7, 11) is 4.80. The number of halogens is 1. The van der Waals surface area contributed by atoms with Crippen molar-refractivity contribution >= 4 is 28.5 Å². The van der Waals surface area contributed by atoms with Crippen LogP contribution in [0.25, 0.3) is 33.5 Å². The third-order valence-corrected chi connectivity index (χ3v) is 6.68. The molecule has 39 heavy (non-hydrogen) atoms. The van der Waals surface area contributed by atoms with Gasteiger partial charge in [-0.15, -0.1) is 0 Å². The first-order valence-corrected chi connectivity index (χ1v) is 12.7. The summed E-state index contributed by atoms with van der Waals surface area (Å²) >= 11 is 6.10. The molecule has 0 saturated heterocycles. The molecule has 2 heterocycles. The number of benzene rings is 3. The minimum Gasteiger partial charge on any atom is -0.496 e. The number of hydrogen-bond acceptors (Lipinski definition) is 6. The standard InChI is InChI=1S/C30H27ClN4O4/c1-37-24-7-5-4-6-21(24)23-17-22(27-28(34-35-29(27)33-23)19-9-11-20(31)12-10-19)30(36)32-15-14-18-8-13-25(38-2)26(16-18)39-3/h4-13,16-17H,14-15H2,1-3H3,(H,32,36)(H,33,34,35). The normalized spacial score (nSPS) is 10.9. The first-order chi connectivity index (χ1) is 19.0. The first-order valence-electron chi connectivity index (χ1n) is 12.3. The van der Waals surface area contributed by atoms with Crippen molar-refractivity contribution in [2.75, 3.05) is 27.9 Å². The number of nitrogens with zero attached hydrogens (tertiary/aromatic N) is 2. The molecule has 198 valence electrons. The Morgan fingerprint density at radius 1 is 0.897 bits per heavy atom. The number of carbonyl (C=O) groups excluding carboxylic acids is 1. The number of aromatic amines is 1. The molecule has 3 aromatic carbocycles. The highest BCUT2D eigenvalue weighted by Gasteiger charge is 2.21. The molecule has 0 aliphatic heterocycles. The van der Waals surface area contributed by atoms with Gasteiger partial charge in [0, 0.05) is 22.7 Å². The van der Waals surface area contributed by atoms with Crippen LogP contribution in [0.4, 0.5) is 0 Å². The topological polar surface area (TPSA) is 98.4 Å². The number of pyridine rings is 1. The van der Waals surface area contributed by atoms with Gasteiger partial charge in [0.1, 0.15) is 5.75 Å². The molecule has 8 nitrogen and oxygen atoms in total. The summed E-state index contributed by atoms with van der Waals surface area (Å²) in [6.45, 7) is 0.413. The van der Waals surface area contributed by atoms with Crippen LogP contribution < -0.4 is 19.5 Å². The number of nitrogens with one attached hydrogen (secondary N) is 2. The highest BCUT2D eigenvalue weighted by atomic mass is 35.5. The van der Waals surface area contributed by atoms with Crippen molar-refractivity contribution < 1.29 is 19.0 Å². The number of para-hydroxylation sites is 1. The number of fused-ring (bicyclic) bond motifs is 1. The maximum absolute atomic E-state index is 13.7. The van der Waals surface area contributed by atoms with Gasteiger partial charge in [-0.1, -0.05) is 41.9 Å². The average molecular weight is 543 g/mol. The number of carbonyl (C=O) groups is 1. The number of aromatic nitrogens is 3.